The Kier molecular flexibility index (Phi) is 7.15. The van der Waals surface area contributed by atoms with Gasteiger partial charge in [-0.05, 0) is 30.7 Å². The molecule has 3 N–H and O–H groups in total. The number of esters is 1. The van der Waals surface area contributed by atoms with Gasteiger partial charge in [-0.2, -0.15) is 0 Å². The molecule has 1 aromatic heterocycles. The van der Waals surface area contributed by atoms with Gasteiger partial charge in [0.25, 0.3) is 11.8 Å². The number of hydrogen-bond donors (Lipinski definition) is 2. The van der Waals surface area contributed by atoms with Gasteiger partial charge in [0, 0.05) is 42.7 Å². The number of nitrogens with one attached hydrogen (secondary N) is 1. The van der Waals surface area contributed by atoms with Crippen LogP contribution in [-0.4, -0.2) is 40.3 Å². The number of carbonyl (C=O) groups is 3. The van der Waals surface area contributed by atoms with Crippen LogP contribution in [0.2, 0.25) is 0 Å². The van der Waals surface area contributed by atoms with Crippen molar-refractivity contribution in [3.8, 4) is 0 Å². The first-order valence-electron chi connectivity index (χ1n) is 12.5. The molecule has 2 amide bonds. The van der Waals surface area contributed by atoms with Crippen LogP contribution < -0.4 is 11.1 Å². The van der Waals surface area contributed by atoms with E-state index >= 15 is 0 Å². The van der Waals surface area contributed by atoms with E-state index in [4.69, 9.17) is 15.5 Å². The number of carbonyl (C=O) groups excluding carboxylic acids is 3. The second-order valence-electron chi connectivity index (χ2n) is 9.32. The van der Waals surface area contributed by atoms with Crippen molar-refractivity contribution in [1.29, 1.82) is 0 Å². The van der Waals surface area contributed by atoms with Crippen LogP contribution >= 0.6 is 0 Å². The van der Waals surface area contributed by atoms with Crippen LogP contribution in [0.5, 0.6) is 0 Å². The Hall–Kier alpha value is -4.56. The van der Waals surface area contributed by atoms with E-state index in [0.29, 0.717) is 29.4 Å². The Balaban J connectivity index is 1.41. The third-order valence-electron chi connectivity index (χ3n) is 6.68. The molecule has 1 aliphatic heterocycles. The summed E-state index contributed by atoms with van der Waals surface area (Å²) >= 11 is 0. The maximum Gasteiger partial charge on any atom is 0.339 e. The van der Waals surface area contributed by atoms with Gasteiger partial charge in [0.2, 0.25) is 0 Å². The largest absolute Gasteiger partial charge is 0.449 e. The molecule has 0 saturated carbocycles. The molecule has 8 nitrogen and oxygen atoms in total. The number of fused-ring (bicyclic) bond motifs is 2. The molecule has 0 bridgehead atoms. The monoisotopic (exact) mass is 508 g/mol. The zero-order chi connectivity index (χ0) is 26.6. The summed E-state index contributed by atoms with van der Waals surface area (Å²) in [7, 11) is 0. The minimum atomic E-state index is -1.12. The van der Waals surface area contributed by atoms with Crippen LogP contribution in [0.1, 0.15) is 44.5 Å². The highest BCUT2D eigenvalue weighted by Crippen LogP contribution is 2.30. The number of anilines is 1. The Labute approximate surface area is 220 Å². The number of nitrogens with two attached hydrogens (primary N) is 1. The normalized spacial score (nSPS) is 13.9. The van der Waals surface area contributed by atoms with Gasteiger partial charge >= 0.3 is 5.97 Å². The van der Waals surface area contributed by atoms with E-state index in [1.807, 2.05) is 42.5 Å². The van der Waals surface area contributed by atoms with Gasteiger partial charge in [0.1, 0.15) is 0 Å². The number of nitrogens with zero attached hydrogens (tertiary/aromatic N) is 2. The average molecular weight is 509 g/mol. The van der Waals surface area contributed by atoms with Gasteiger partial charge in [-0.3, -0.25) is 19.5 Å². The van der Waals surface area contributed by atoms with Crippen molar-refractivity contribution in [3.63, 3.8) is 0 Å². The first-order chi connectivity index (χ1) is 18.4. The highest BCUT2D eigenvalue weighted by Gasteiger charge is 2.29. The van der Waals surface area contributed by atoms with Crippen LogP contribution in [-0.2, 0) is 29.0 Å². The fraction of sp³-hybridized carbons (Fsp3) is 0.200. The number of amides is 2. The van der Waals surface area contributed by atoms with E-state index in [2.05, 4.69) is 22.3 Å². The molecule has 38 heavy (non-hydrogen) atoms. The summed E-state index contributed by atoms with van der Waals surface area (Å²) in [5, 5.41) is 3.33. The Bertz CT molecular complexity index is 1520. The first kappa shape index (κ1) is 25.1. The maximum absolute atomic E-state index is 13.6. The smallest absolute Gasteiger partial charge is 0.339 e. The van der Waals surface area contributed by atoms with Crippen LogP contribution in [0.15, 0.2) is 78.9 Å². The lowest BCUT2D eigenvalue weighted by Gasteiger charge is -2.30. The van der Waals surface area contributed by atoms with Crippen molar-refractivity contribution in [2.24, 2.45) is 5.73 Å². The van der Waals surface area contributed by atoms with Gasteiger partial charge in [0.15, 0.2) is 6.10 Å². The molecule has 3 aromatic carbocycles. The predicted octanol–water partition coefficient (Wildman–Crippen LogP) is 4.08. The zero-order valence-electron chi connectivity index (χ0n) is 21.0. The summed E-state index contributed by atoms with van der Waals surface area (Å²) in [5.41, 5.74) is 9.87. The van der Waals surface area contributed by atoms with Crippen molar-refractivity contribution >= 4 is 34.4 Å². The van der Waals surface area contributed by atoms with Crippen molar-refractivity contribution in [2.45, 2.75) is 32.5 Å². The third kappa shape index (κ3) is 5.26. The van der Waals surface area contributed by atoms with Gasteiger partial charge in [-0.15, -0.1) is 0 Å². The van der Waals surface area contributed by atoms with Crippen LogP contribution in [0.3, 0.4) is 0 Å². The molecule has 4 aromatic rings. The van der Waals surface area contributed by atoms with Crippen molar-refractivity contribution in [3.05, 3.63) is 107 Å². The fourth-order valence-corrected chi connectivity index (χ4v) is 4.77. The molecule has 1 aliphatic rings. The quantitative estimate of drug-likeness (QED) is 0.364. The topological polar surface area (TPSA) is 115 Å². The SMILES string of the molecule is CC(OC(=O)c1c2c(nc3ccccc13)CCN(Cc1ccccc1)C2)C(=O)Nc1ccccc1C(N)=O. The maximum atomic E-state index is 13.6. The number of para-hydroxylation sites is 2. The molecule has 0 spiro atoms. The molecule has 0 radical (unpaired) electrons. The second kappa shape index (κ2) is 10.8. The molecule has 1 unspecified atom stereocenters. The fourth-order valence-electron chi connectivity index (χ4n) is 4.77. The molecule has 0 aliphatic carbocycles. The molecular weight excluding hydrogens is 480 g/mol. The molecule has 2 heterocycles. The van der Waals surface area contributed by atoms with Crippen molar-refractivity contribution < 1.29 is 19.1 Å². The predicted molar refractivity (Wildman–Crippen MR) is 144 cm³/mol. The summed E-state index contributed by atoms with van der Waals surface area (Å²) in [4.78, 5) is 45.3. The number of rotatable bonds is 7. The minimum absolute atomic E-state index is 0.173. The molecule has 0 saturated heterocycles. The number of pyridine rings is 1. The van der Waals surface area contributed by atoms with Gasteiger partial charge in [0.05, 0.1) is 22.3 Å². The molecule has 8 heteroatoms. The van der Waals surface area contributed by atoms with Crippen LogP contribution in [0, 0.1) is 0 Å². The van der Waals surface area contributed by atoms with Crippen molar-refractivity contribution in [1.82, 2.24) is 9.88 Å². The number of aromatic nitrogens is 1. The highest BCUT2D eigenvalue weighted by molar-refractivity contribution is 6.07. The lowest BCUT2D eigenvalue weighted by molar-refractivity contribution is -0.123. The summed E-state index contributed by atoms with van der Waals surface area (Å²) in [6, 6.07) is 24.1. The van der Waals surface area contributed by atoms with Gasteiger partial charge in [-0.25, -0.2) is 4.79 Å². The van der Waals surface area contributed by atoms with Gasteiger partial charge < -0.3 is 15.8 Å². The molecule has 1 atom stereocenters. The zero-order valence-corrected chi connectivity index (χ0v) is 21.0. The summed E-state index contributed by atoms with van der Waals surface area (Å²) in [6.07, 6.45) is -0.414. The van der Waals surface area contributed by atoms with E-state index < -0.39 is 23.9 Å². The lowest BCUT2D eigenvalue weighted by atomic mass is 9.95. The number of hydrogen-bond acceptors (Lipinski definition) is 6. The molecule has 0 fully saturated rings. The summed E-state index contributed by atoms with van der Waals surface area (Å²) in [5.74, 6) is -1.82. The number of ether oxygens (including phenoxy) is 1. The molecule has 192 valence electrons. The van der Waals surface area contributed by atoms with E-state index in [-0.39, 0.29) is 11.3 Å². The first-order valence-corrected chi connectivity index (χ1v) is 12.5. The average Bonchev–Trinajstić information content (AvgIpc) is 2.92. The summed E-state index contributed by atoms with van der Waals surface area (Å²) in [6.45, 7) is 3.61. The number of primary amides is 1. The number of benzene rings is 3. The van der Waals surface area contributed by atoms with E-state index in [1.54, 1.807) is 18.2 Å². The Morgan fingerprint density at radius 2 is 1.71 bits per heavy atom. The van der Waals surface area contributed by atoms with E-state index in [9.17, 15) is 14.4 Å². The lowest BCUT2D eigenvalue weighted by Crippen LogP contribution is -2.34. The standard InChI is InChI=1S/C30H28N4O4/c1-19(29(36)33-25-14-8-6-12-22(25)28(31)35)38-30(37)27-21-11-5-7-13-24(21)32-26-15-16-34(18-23(26)27)17-20-9-3-2-4-10-20/h2-14,19H,15-18H2,1H3,(H2,31,35)(H,33,36). The highest BCUT2D eigenvalue weighted by atomic mass is 16.5. The third-order valence-corrected chi connectivity index (χ3v) is 6.68. The minimum Gasteiger partial charge on any atom is -0.449 e. The van der Waals surface area contributed by atoms with Crippen LogP contribution in [0.25, 0.3) is 10.9 Å². The molecular formula is C30H28N4O4. The van der Waals surface area contributed by atoms with E-state index in [1.165, 1.54) is 18.6 Å². The van der Waals surface area contributed by atoms with Gasteiger partial charge in [-0.1, -0.05) is 60.7 Å². The van der Waals surface area contributed by atoms with E-state index in [0.717, 1.165) is 24.3 Å². The van der Waals surface area contributed by atoms with Crippen molar-refractivity contribution in [2.75, 3.05) is 11.9 Å². The van der Waals surface area contributed by atoms with Crippen LogP contribution in [0.4, 0.5) is 5.69 Å². The Morgan fingerprint density at radius 3 is 2.50 bits per heavy atom. The second-order valence-corrected chi connectivity index (χ2v) is 9.32. The summed E-state index contributed by atoms with van der Waals surface area (Å²) < 4.78 is 5.69. The molecule has 5 rings (SSSR count). The Morgan fingerprint density at radius 1 is 1.00 bits per heavy atom.